The van der Waals surface area contributed by atoms with Crippen LogP contribution >= 0.6 is 0 Å². The molecule has 1 unspecified atom stereocenters. The molecule has 0 spiro atoms. The highest BCUT2D eigenvalue weighted by atomic mass is 16.5. The number of rotatable bonds is 7. The number of aromatic hydroxyl groups is 1. The third-order valence-electron chi connectivity index (χ3n) is 4.34. The van der Waals surface area contributed by atoms with Crippen LogP contribution in [0.2, 0.25) is 0 Å². The largest absolute Gasteiger partial charge is 0.504 e. The van der Waals surface area contributed by atoms with Crippen LogP contribution in [0.1, 0.15) is 31.9 Å². The van der Waals surface area contributed by atoms with Gasteiger partial charge in [0.25, 0.3) is 0 Å². The summed E-state index contributed by atoms with van der Waals surface area (Å²) in [5.74, 6) is 1.77. The van der Waals surface area contributed by atoms with E-state index in [1.54, 1.807) is 30.6 Å². The fourth-order valence-corrected chi connectivity index (χ4v) is 3.03. The predicted molar refractivity (Wildman–Crippen MR) is 108 cm³/mol. The monoisotopic (exact) mass is 363 g/mol. The molecule has 0 aliphatic rings. The number of phenolic OH excluding ortho intramolecular Hbond substituents is 1. The molecule has 0 amide bonds. The van der Waals surface area contributed by atoms with Gasteiger partial charge >= 0.3 is 0 Å². The fraction of sp³-hybridized carbons (Fsp3) is 0.273. The van der Waals surface area contributed by atoms with Gasteiger partial charge in [-0.05, 0) is 36.1 Å². The van der Waals surface area contributed by atoms with Crippen molar-refractivity contribution in [2.45, 2.75) is 26.3 Å². The highest BCUT2D eigenvalue weighted by Gasteiger charge is 2.15. The first-order chi connectivity index (χ1) is 13.1. The summed E-state index contributed by atoms with van der Waals surface area (Å²) in [7, 11) is 1.53. The quantitative estimate of drug-likeness (QED) is 0.614. The SMILES string of the molecule is COc1cc(-c2cncc(NC(CC(C)C)c3ccccc3)n2)ccc1O. The highest BCUT2D eigenvalue weighted by molar-refractivity contribution is 5.64. The normalized spacial score (nSPS) is 12.0. The van der Waals surface area contributed by atoms with E-state index in [4.69, 9.17) is 9.72 Å². The summed E-state index contributed by atoms with van der Waals surface area (Å²) in [5, 5.41) is 13.3. The highest BCUT2D eigenvalue weighted by Crippen LogP contribution is 2.31. The standard InChI is InChI=1S/C22H25N3O2/c1-15(2)11-18(16-7-5-4-6-8-16)24-22-14-23-13-19(25-22)17-9-10-20(26)21(12-17)27-3/h4-10,12-15,18,26H,11H2,1-3H3,(H,24,25). The van der Waals surface area contributed by atoms with Gasteiger partial charge in [0.15, 0.2) is 11.5 Å². The van der Waals surface area contributed by atoms with Crippen LogP contribution in [0, 0.1) is 5.92 Å². The number of methoxy groups -OCH3 is 1. The minimum atomic E-state index is 0.101. The number of phenols is 1. The third-order valence-corrected chi connectivity index (χ3v) is 4.34. The minimum absolute atomic E-state index is 0.101. The number of nitrogens with zero attached hydrogens (tertiary/aromatic N) is 2. The number of hydrogen-bond acceptors (Lipinski definition) is 5. The Morgan fingerprint density at radius 3 is 2.56 bits per heavy atom. The van der Waals surface area contributed by atoms with Crippen molar-refractivity contribution in [1.82, 2.24) is 9.97 Å². The molecule has 1 heterocycles. The van der Waals surface area contributed by atoms with E-state index >= 15 is 0 Å². The van der Waals surface area contributed by atoms with E-state index in [0.29, 0.717) is 17.5 Å². The molecular weight excluding hydrogens is 338 g/mol. The lowest BCUT2D eigenvalue weighted by molar-refractivity contribution is 0.373. The van der Waals surface area contributed by atoms with Crippen LogP contribution in [-0.4, -0.2) is 22.2 Å². The van der Waals surface area contributed by atoms with Crippen LogP contribution in [0.4, 0.5) is 5.82 Å². The molecule has 5 heteroatoms. The van der Waals surface area contributed by atoms with Gasteiger partial charge in [-0.1, -0.05) is 44.2 Å². The van der Waals surface area contributed by atoms with E-state index in [9.17, 15) is 5.11 Å². The lowest BCUT2D eigenvalue weighted by atomic mass is 9.97. The van der Waals surface area contributed by atoms with Crippen molar-refractivity contribution in [1.29, 1.82) is 0 Å². The summed E-state index contributed by atoms with van der Waals surface area (Å²) in [6, 6.07) is 15.7. The maximum Gasteiger partial charge on any atom is 0.161 e. The van der Waals surface area contributed by atoms with Gasteiger partial charge in [-0.25, -0.2) is 4.98 Å². The molecule has 3 aromatic rings. The lowest BCUT2D eigenvalue weighted by Gasteiger charge is -2.22. The van der Waals surface area contributed by atoms with E-state index in [1.165, 1.54) is 12.7 Å². The summed E-state index contributed by atoms with van der Waals surface area (Å²) in [5.41, 5.74) is 2.78. The maximum absolute atomic E-state index is 9.79. The lowest BCUT2D eigenvalue weighted by Crippen LogP contribution is -2.14. The van der Waals surface area contributed by atoms with Crippen molar-refractivity contribution in [3.8, 4) is 22.8 Å². The smallest absolute Gasteiger partial charge is 0.161 e. The molecule has 0 aliphatic carbocycles. The Morgan fingerprint density at radius 1 is 1.07 bits per heavy atom. The first-order valence-corrected chi connectivity index (χ1v) is 9.07. The number of nitrogens with one attached hydrogen (secondary N) is 1. The van der Waals surface area contributed by atoms with E-state index in [2.05, 4.69) is 48.4 Å². The summed E-state index contributed by atoms with van der Waals surface area (Å²) < 4.78 is 5.19. The van der Waals surface area contributed by atoms with E-state index < -0.39 is 0 Å². The number of ether oxygens (including phenoxy) is 1. The average molecular weight is 363 g/mol. The maximum atomic E-state index is 9.79. The summed E-state index contributed by atoms with van der Waals surface area (Å²) in [6.45, 7) is 4.42. The molecular formula is C22H25N3O2. The summed E-state index contributed by atoms with van der Waals surface area (Å²) in [4.78, 5) is 9.05. The Kier molecular flexibility index (Phi) is 5.91. The predicted octanol–water partition coefficient (Wildman–Crippen LogP) is 5.06. The number of aromatic nitrogens is 2. The molecule has 3 rings (SSSR count). The number of hydrogen-bond donors (Lipinski definition) is 2. The van der Waals surface area contributed by atoms with Gasteiger partial charge in [0.2, 0.25) is 0 Å². The molecule has 0 radical (unpaired) electrons. The average Bonchev–Trinajstić information content (AvgIpc) is 2.68. The van der Waals surface area contributed by atoms with E-state index in [1.807, 2.05) is 6.07 Å². The van der Waals surface area contributed by atoms with Gasteiger partial charge in [0, 0.05) is 5.56 Å². The van der Waals surface area contributed by atoms with Crippen LogP contribution in [0.5, 0.6) is 11.5 Å². The van der Waals surface area contributed by atoms with E-state index in [-0.39, 0.29) is 11.8 Å². The molecule has 27 heavy (non-hydrogen) atoms. The Labute approximate surface area is 160 Å². The van der Waals surface area contributed by atoms with Gasteiger partial charge in [0.1, 0.15) is 5.82 Å². The second-order valence-corrected chi connectivity index (χ2v) is 6.91. The van der Waals surface area contributed by atoms with Gasteiger partial charge < -0.3 is 15.2 Å². The Hall–Kier alpha value is -3.08. The van der Waals surface area contributed by atoms with Gasteiger partial charge in [-0.15, -0.1) is 0 Å². The topological polar surface area (TPSA) is 67.3 Å². The molecule has 0 saturated carbocycles. The van der Waals surface area contributed by atoms with Gasteiger partial charge in [0.05, 0.1) is 31.2 Å². The molecule has 0 saturated heterocycles. The zero-order chi connectivity index (χ0) is 19.2. The summed E-state index contributed by atoms with van der Waals surface area (Å²) in [6.07, 6.45) is 4.43. The molecule has 2 aromatic carbocycles. The molecule has 1 atom stereocenters. The minimum Gasteiger partial charge on any atom is -0.504 e. The Morgan fingerprint density at radius 2 is 1.85 bits per heavy atom. The van der Waals surface area contributed by atoms with Crippen molar-refractivity contribution in [2.75, 3.05) is 12.4 Å². The van der Waals surface area contributed by atoms with Gasteiger partial charge in [-0.3, -0.25) is 4.98 Å². The van der Waals surface area contributed by atoms with Crippen LogP contribution in [0.25, 0.3) is 11.3 Å². The van der Waals surface area contributed by atoms with E-state index in [0.717, 1.165) is 17.7 Å². The molecule has 0 aliphatic heterocycles. The van der Waals surface area contributed by atoms with Crippen molar-refractivity contribution >= 4 is 5.82 Å². The van der Waals surface area contributed by atoms with Crippen LogP contribution in [-0.2, 0) is 0 Å². The first-order valence-electron chi connectivity index (χ1n) is 9.07. The molecule has 2 N–H and O–H groups in total. The van der Waals surface area contributed by atoms with Gasteiger partial charge in [-0.2, -0.15) is 0 Å². The van der Waals surface area contributed by atoms with Crippen LogP contribution in [0.15, 0.2) is 60.9 Å². The molecule has 0 bridgehead atoms. The fourth-order valence-electron chi connectivity index (χ4n) is 3.03. The molecule has 0 fully saturated rings. The second kappa shape index (κ2) is 8.54. The zero-order valence-electron chi connectivity index (χ0n) is 15.9. The van der Waals surface area contributed by atoms with Crippen LogP contribution < -0.4 is 10.1 Å². The third kappa shape index (κ3) is 4.76. The van der Waals surface area contributed by atoms with Crippen molar-refractivity contribution in [3.63, 3.8) is 0 Å². The van der Waals surface area contributed by atoms with Crippen LogP contribution in [0.3, 0.4) is 0 Å². The number of benzene rings is 2. The van der Waals surface area contributed by atoms with Crippen molar-refractivity contribution in [3.05, 3.63) is 66.5 Å². The van der Waals surface area contributed by atoms with Crippen molar-refractivity contribution in [2.24, 2.45) is 5.92 Å². The second-order valence-electron chi connectivity index (χ2n) is 6.91. The summed E-state index contributed by atoms with van der Waals surface area (Å²) >= 11 is 0. The molecule has 1 aromatic heterocycles. The Balaban J connectivity index is 1.88. The number of anilines is 1. The zero-order valence-corrected chi connectivity index (χ0v) is 15.9. The molecule has 140 valence electrons. The Bertz CT molecular complexity index is 882. The first kappa shape index (κ1) is 18.7. The molecule has 5 nitrogen and oxygen atoms in total. The van der Waals surface area contributed by atoms with Crippen molar-refractivity contribution < 1.29 is 9.84 Å².